The van der Waals surface area contributed by atoms with E-state index in [4.69, 9.17) is 51.4 Å². The lowest BCUT2D eigenvalue weighted by molar-refractivity contribution is 0.0950. The fourth-order valence-electron chi connectivity index (χ4n) is 3.09. The number of amides is 2. The Bertz CT molecular complexity index is 1420. The molecule has 3 N–H and O–H groups in total. The molecule has 176 valence electrons. The van der Waals surface area contributed by atoms with Gasteiger partial charge in [-0.1, -0.05) is 40.9 Å². The number of furan rings is 1. The van der Waals surface area contributed by atoms with Crippen LogP contribution in [0.4, 0.5) is 11.4 Å². The second kappa shape index (κ2) is 10.9. The molecule has 4 aromatic rings. The van der Waals surface area contributed by atoms with Gasteiger partial charge in [-0.25, -0.2) is 0 Å². The Morgan fingerprint density at radius 3 is 2.14 bits per heavy atom. The highest BCUT2D eigenvalue weighted by Gasteiger charge is 2.16. The number of hydrogen-bond donors (Lipinski definition) is 3. The summed E-state index contributed by atoms with van der Waals surface area (Å²) in [7, 11) is 0. The highest BCUT2D eigenvalue weighted by Crippen LogP contribution is 2.31. The molecule has 1 heterocycles. The standard InChI is InChI=1S/C25H16Cl3N3O3S/c26-15-3-1-2-14(12-15)23(32)29-17-5-7-18(8-6-17)30-25(35)31-24(33)22-11-10-21(34-22)19-13-16(27)4-9-20(19)28/h1-13H,(H,29,32)(H2,30,31,33,35). The molecular weight excluding hydrogens is 529 g/mol. The SMILES string of the molecule is O=C(Nc1ccc(NC(=S)NC(=O)c2ccc(-c3cc(Cl)ccc3Cl)o2)cc1)c1cccc(Cl)c1. The number of carbonyl (C=O) groups is 2. The van der Waals surface area contributed by atoms with Crippen LogP contribution in [0.5, 0.6) is 0 Å². The van der Waals surface area contributed by atoms with E-state index < -0.39 is 5.91 Å². The molecule has 0 saturated heterocycles. The molecule has 0 aliphatic heterocycles. The highest BCUT2D eigenvalue weighted by atomic mass is 35.5. The average molecular weight is 545 g/mol. The van der Waals surface area contributed by atoms with Crippen LogP contribution in [0.15, 0.2) is 83.3 Å². The summed E-state index contributed by atoms with van der Waals surface area (Å²) < 4.78 is 5.62. The van der Waals surface area contributed by atoms with Gasteiger partial charge < -0.3 is 15.1 Å². The largest absolute Gasteiger partial charge is 0.451 e. The maximum atomic E-state index is 12.5. The highest BCUT2D eigenvalue weighted by molar-refractivity contribution is 7.80. The van der Waals surface area contributed by atoms with Gasteiger partial charge in [0.15, 0.2) is 10.9 Å². The predicted molar refractivity (Wildman–Crippen MR) is 144 cm³/mol. The number of anilines is 2. The first kappa shape index (κ1) is 24.8. The molecule has 35 heavy (non-hydrogen) atoms. The minimum absolute atomic E-state index is 0.0549. The average Bonchev–Trinajstić information content (AvgIpc) is 3.32. The normalized spacial score (nSPS) is 10.5. The molecule has 3 aromatic carbocycles. The van der Waals surface area contributed by atoms with E-state index in [2.05, 4.69) is 16.0 Å². The first-order valence-electron chi connectivity index (χ1n) is 10.1. The zero-order chi connectivity index (χ0) is 24.9. The van der Waals surface area contributed by atoms with Gasteiger partial charge in [-0.05, 0) is 85.0 Å². The van der Waals surface area contributed by atoms with Crippen LogP contribution < -0.4 is 16.0 Å². The quantitative estimate of drug-likeness (QED) is 0.230. The number of hydrogen-bond acceptors (Lipinski definition) is 4. The van der Waals surface area contributed by atoms with Gasteiger partial charge in [-0.2, -0.15) is 0 Å². The van der Waals surface area contributed by atoms with Gasteiger partial charge in [-0.3, -0.25) is 14.9 Å². The van der Waals surface area contributed by atoms with Crippen molar-refractivity contribution in [3.05, 3.63) is 105 Å². The smallest absolute Gasteiger partial charge is 0.293 e. The molecule has 0 radical (unpaired) electrons. The number of nitrogens with one attached hydrogen (secondary N) is 3. The van der Waals surface area contributed by atoms with Gasteiger partial charge in [0, 0.05) is 32.5 Å². The molecule has 0 bridgehead atoms. The third kappa shape index (κ3) is 6.41. The number of rotatable bonds is 5. The minimum Gasteiger partial charge on any atom is -0.451 e. The van der Waals surface area contributed by atoms with Crippen molar-refractivity contribution in [1.29, 1.82) is 0 Å². The first-order chi connectivity index (χ1) is 16.8. The second-order valence-corrected chi connectivity index (χ2v) is 8.93. The van der Waals surface area contributed by atoms with Crippen LogP contribution in [-0.2, 0) is 0 Å². The maximum Gasteiger partial charge on any atom is 0.293 e. The van der Waals surface area contributed by atoms with E-state index in [1.165, 1.54) is 6.07 Å². The van der Waals surface area contributed by atoms with Crippen molar-refractivity contribution in [2.24, 2.45) is 0 Å². The van der Waals surface area contributed by atoms with Crippen molar-refractivity contribution >= 4 is 75.3 Å². The third-order valence-electron chi connectivity index (χ3n) is 4.74. The van der Waals surface area contributed by atoms with E-state index >= 15 is 0 Å². The second-order valence-electron chi connectivity index (χ2n) is 7.24. The van der Waals surface area contributed by atoms with Crippen molar-refractivity contribution in [3.63, 3.8) is 0 Å². The summed E-state index contributed by atoms with van der Waals surface area (Å²) in [6.45, 7) is 0. The Kier molecular flexibility index (Phi) is 7.73. The van der Waals surface area contributed by atoms with Crippen molar-refractivity contribution in [2.75, 3.05) is 10.6 Å². The zero-order valence-corrected chi connectivity index (χ0v) is 20.9. The van der Waals surface area contributed by atoms with Crippen LogP contribution in [0, 0.1) is 0 Å². The van der Waals surface area contributed by atoms with Gasteiger partial charge >= 0.3 is 0 Å². The van der Waals surface area contributed by atoms with Crippen LogP contribution >= 0.6 is 47.0 Å². The lowest BCUT2D eigenvalue weighted by Gasteiger charge is -2.10. The van der Waals surface area contributed by atoms with Gasteiger partial charge in [0.05, 0.1) is 5.02 Å². The van der Waals surface area contributed by atoms with Crippen LogP contribution in [0.25, 0.3) is 11.3 Å². The zero-order valence-electron chi connectivity index (χ0n) is 17.8. The Labute approximate surface area is 221 Å². The van der Waals surface area contributed by atoms with E-state index in [1.807, 2.05) is 0 Å². The summed E-state index contributed by atoms with van der Waals surface area (Å²) in [4.78, 5) is 24.9. The van der Waals surface area contributed by atoms with Crippen LogP contribution in [-0.4, -0.2) is 16.9 Å². The van der Waals surface area contributed by atoms with Crippen molar-refractivity contribution in [1.82, 2.24) is 5.32 Å². The summed E-state index contributed by atoms with van der Waals surface area (Å²) in [5.74, 6) is -0.360. The number of carbonyl (C=O) groups excluding carboxylic acids is 2. The number of benzene rings is 3. The van der Waals surface area contributed by atoms with E-state index in [0.717, 1.165) is 0 Å². The summed E-state index contributed by atoms with van der Waals surface area (Å²) in [5.41, 5.74) is 2.21. The van der Waals surface area contributed by atoms with Crippen molar-refractivity contribution in [3.8, 4) is 11.3 Å². The molecule has 6 nitrogen and oxygen atoms in total. The number of halogens is 3. The van der Waals surface area contributed by atoms with E-state index in [9.17, 15) is 9.59 Å². The molecule has 4 rings (SSSR count). The summed E-state index contributed by atoms with van der Waals surface area (Å²) in [5, 5.41) is 9.74. The number of thiocarbonyl (C=S) groups is 1. The topological polar surface area (TPSA) is 83.4 Å². The van der Waals surface area contributed by atoms with Crippen LogP contribution in [0.3, 0.4) is 0 Å². The molecule has 10 heteroatoms. The molecule has 0 aliphatic carbocycles. The molecule has 0 atom stereocenters. The van der Waals surface area contributed by atoms with E-state index in [-0.39, 0.29) is 16.8 Å². The maximum absolute atomic E-state index is 12.5. The van der Waals surface area contributed by atoms with Crippen LogP contribution in [0.2, 0.25) is 15.1 Å². The lowest BCUT2D eigenvalue weighted by Crippen LogP contribution is -2.33. The fourth-order valence-corrected chi connectivity index (χ4v) is 3.87. The summed E-state index contributed by atoms with van der Waals surface area (Å²) in [6.07, 6.45) is 0. The molecular formula is C25H16Cl3N3O3S. The molecule has 0 spiro atoms. The Morgan fingerprint density at radius 1 is 0.743 bits per heavy atom. The van der Waals surface area contributed by atoms with Gasteiger partial charge in [0.2, 0.25) is 0 Å². The Morgan fingerprint density at radius 2 is 1.43 bits per heavy atom. The first-order valence-corrected chi connectivity index (χ1v) is 11.7. The molecule has 2 amide bonds. The molecule has 0 saturated carbocycles. The van der Waals surface area contributed by atoms with Gasteiger partial charge in [0.1, 0.15) is 5.76 Å². The van der Waals surface area contributed by atoms with E-state index in [1.54, 1.807) is 72.8 Å². The minimum atomic E-state index is -0.530. The van der Waals surface area contributed by atoms with Crippen molar-refractivity contribution in [2.45, 2.75) is 0 Å². The summed E-state index contributed by atoms with van der Waals surface area (Å²) in [6, 6.07) is 21.6. The molecule has 0 aliphatic rings. The summed E-state index contributed by atoms with van der Waals surface area (Å²) >= 11 is 23.4. The lowest BCUT2D eigenvalue weighted by atomic mass is 10.2. The fraction of sp³-hybridized carbons (Fsp3) is 0. The molecule has 1 aromatic heterocycles. The van der Waals surface area contributed by atoms with Crippen molar-refractivity contribution < 1.29 is 14.0 Å². The van der Waals surface area contributed by atoms with Crippen LogP contribution in [0.1, 0.15) is 20.9 Å². The Hall–Kier alpha value is -3.36. The molecule has 0 unspecified atom stereocenters. The third-order valence-corrected chi connectivity index (χ3v) is 5.74. The Balaban J connectivity index is 1.34. The predicted octanol–water partition coefficient (Wildman–Crippen LogP) is 7.29. The van der Waals surface area contributed by atoms with E-state index in [0.29, 0.717) is 43.3 Å². The van der Waals surface area contributed by atoms with Gasteiger partial charge in [-0.15, -0.1) is 0 Å². The van der Waals surface area contributed by atoms with Gasteiger partial charge in [0.25, 0.3) is 11.8 Å². The molecule has 0 fully saturated rings. The monoisotopic (exact) mass is 543 g/mol.